The van der Waals surface area contributed by atoms with Gasteiger partial charge in [0.15, 0.2) is 0 Å². The van der Waals surface area contributed by atoms with Crippen molar-refractivity contribution in [2.45, 2.75) is 12.9 Å². The Morgan fingerprint density at radius 2 is 1.69 bits per heavy atom. The molecule has 2 aromatic rings. The normalized spacial score (nSPS) is 11.6. The molecular formula is C11H6F4N. The molecule has 0 atom stereocenters. The molecule has 0 saturated heterocycles. The van der Waals surface area contributed by atoms with Gasteiger partial charge in [-0.15, -0.1) is 0 Å². The van der Waals surface area contributed by atoms with Gasteiger partial charge >= 0.3 is 0 Å². The first-order chi connectivity index (χ1) is 7.59. The average molecular weight is 228 g/mol. The molecular weight excluding hydrogens is 222 g/mol. The summed E-state index contributed by atoms with van der Waals surface area (Å²) in [5.74, 6) is 0. The number of alkyl halides is 4. The van der Waals surface area contributed by atoms with Crippen molar-refractivity contribution in [2.24, 2.45) is 0 Å². The van der Waals surface area contributed by atoms with Gasteiger partial charge in [-0.05, 0) is 6.07 Å². The van der Waals surface area contributed by atoms with E-state index in [1.807, 2.05) is 6.07 Å². The standard InChI is InChI=1S/C11H6F4N/c12-10(13)7-5-9(11(14)15)16-8-4-2-1-3-6(7)8/h1-4,10-11H. The molecule has 0 aliphatic heterocycles. The third kappa shape index (κ3) is 1.85. The zero-order valence-corrected chi connectivity index (χ0v) is 7.92. The Morgan fingerprint density at radius 3 is 2.31 bits per heavy atom. The van der Waals surface area contributed by atoms with E-state index in [-0.39, 0.29) is 10.9 Å². The molecule has 0 aliphatic rings. The van der Waals surface area contributed by atoms with Crippen LogP contribution in [0.2, 0.25) is 0 Å². The number of fused-ring (bicyclic) bond motifs is 1. The number of pyridine rings is 1. The molecule has 0 saturated carbocycles. The fourth-order valence-electron chi connectivity index (χ4n) is 1.44. The van der Waals surface area contributed by atoms with E-state index in [9.17, 15) is 17.6 Å². The molecule has 0 amide bonds. The highest BCUT2D eigenvalue weighted by molar-refractivity contribution is 5.82. The molecule has 83 valence electrons. The van der Waals surface area contributed by atoms with Gasteiger partial charge in [0, 0.05) is 17.0 Å². The fourth-order valence-corrected chi connectivity index (χ4v) is 1.44. The van der Waals surface area contributed by atoms with Crippen LogP contribution in [0.1, 0.15) is 24.1 Å². The van der Waals surface area contributed by atoms with Crippen LogP contribution in [-0.4, -0.2) is 4.98 Å². The van der Waals surface area contributed by atoms with Crippen molar-refractivity contribution in [1.82, 2.24) is 4.98 Å². The van der Waals surface area contributed by atoms with Crippen molar-refractivity contribution < 1.29 is 17.6 Å². The maximum Gasteiger partial charge on any atom is 0.281 e. The number of para-hydroxylation sites is 1. The van der Waals surface area contributed by atoms with Gasteiger partial charge in [0.25, 0.3) is 12.9 Å². The van der Waals surface area contributed by atoms with Crippen molar-refractivity contribution in [3.05, 3.63) is 41.6 Å². The average Bonchev–Trinajstić information content (AvgIpc) is 2.27. The summed E-state index contributed by atoms with van der Waals surface area (Å²) in [6, 6.07) is 7.91. The van der Waals surface area contributed by atoms with E-state index >= 15 is 0 Å². The predicted octanol–water partition coefficient (Wildman–Crippen LogP) is 3.91. The Labute approximate surface area is 88.7 Å². The fraction of sp³-hybridized carbons (Fsp3) is 0.182. The first-order valence-electron chi connectivity index (χ1n) is 4.47. The van der Waals surface area contributed by atoms with Crippen molar-refractivity contribution in [1.29, 1.82) is 0 Å². The monoisotopic (exact) mass is 228 g/mol. The lowest BCUT2D eigenvalue weighted by atomic mass is 10.1. The van der Waals surface area contributed by atoms with Crippen molar-refractivity contribution in [3.8, 4) is 0 Å². The van der Waals surface area contributed by atoms with Crippen LogP contribution in [0, 0.1) is 6.07 Å². The zero-order valence-electron chi connectivity index (χ0n) is 7.92. The van der Waals surface area contributed by atoms with Crippen molar-refractivity contribution >= 4 is 10.9 Å². The molecule has 16 heavy (non-hydrogen) atoms. The smallest absolute Gasteiger partial charge is 0.246 e. The van der Waals surface area contributed by atoms with E-state index in [4.69, 9.17) is 0 Å². The van der Waals surface area contributed by atoms with E-state index in [2.05, 4.69) is 4.98 Å². The second kappa shape index (κ2) is 4.08. The number of aromatic nitrogens is 1. The second-order valence-corrected chi connectivity index (χ2v) is 3.15. The lowest BCUT2D eigenvalue weighted by Crippen LogP contribution is -1.97. The summed E-state index contributed by atoms with van der Waals surface area (Å²) < 4.78 is 50.1. The largest absolute Gasteiger partial charge is 0.281 e. The van der Waals surface area contributed by atoms with E-state index in [0.717, 1.165) is 0 Å². The highest BCUT2D eigenvalue weighted by atomic mass is 19.3. The Balaban J connectivity index is 2.74. The summed E-state index contributed by atoms with van der Waals surface area (Å²) in [5, 5.41) is 0.155. The van der Waals surface area contributed by atoms with E-state index in [1.54, 1.807) is 12.1 Å². The van der Waals surface area contributed by atoms with Crippen LogP contribution in [-0.2, 0) is 0 Å². The van der Waals surface area contributed by atoms with Crippen LogP contribution in [0.4, 0.5) is 17.6 Å². The lowest BCUT2D eigenvalue weighted by molar-refractivity contribution is 0.141. The van der Waals surface area contributed by atoms with Gasteiger partial charge in [-0.1, -0.05) is 18.2 Å². The molecule has 1 radical (unpaired) electrons. The summed E-state index contributed by atoms with van der Waals surface area (Å²) in [6.07, 6.45) is -5.74. The molecule has 0 N–H and O–H groups in total. The Morgan fingerprint density at radius 1 is 1.00 bits per heavy atom. The topological polar surface area (TPSA) is 12.9 Å². The summed E-state index contributed by atoms with van der Waals surface area (Å²) in [6.45, 7) is 0. The van der Waals surface area contributed by atoms with Gasteiger partial charge in [-0.3, -0.25) is 0 Å². The van der Waals surface area contributed by atoms with Crippen LogP contribution in [0.5, 0.6) is 0 Å². The van der Waals surface area contributed by atoms with Crippen LogP contribution in [0.15, 0.2) is 24.3 Å². The predicted molar refractivity (Wildman–Crippen MR) is 50.5 cm³/mol. The van der Waals surface area contributed by atoms with Gasteiger partial charge in [0.1, 0.15) is 5.69 Å². The Kier molecular flexibility index (Phi) is 2.77. The molecule has 2 rings (SSSR count). The first-order valence-corrected chi connectivity index (χ1v) is 4.47. The van der Waals surface area contributed by atoms with Crippen LogP contribution in [0.25, 0.3) is 10.9 Å². The van der Waals surface area contributed by atoms with E-state index < -0.39 is 24.1 Å². The SMILES string of the molecule is FC(F)c1[c]c(C(F)F)c2ccccc2n1. The number of halogens is 4. The number of hydrogen-bond acceptors (Lipinski definition) is 1. The number of hydrogen-bond donors (Lipinski definition) is 0. The highest BCUT2D eigenvalue weighted by Crippen LogP contribution is 2.29. The zero-order chi connectivity index (χ0) is 11.7. The quantitative estimate of drug-likeness (QED) is 0.710. The molecule has 0 bridgehead atoms. The first kappa shape index (κ1) is 10.9. The molecule has 0 fully saturated rings. The minimum atomic E-state index is -2.90. The van der Waals surface area contributed by atoms with Crippen LogP contribution >= 0.6 is 0 Å². The van der Waals surface area contributed by atoms with Gasteiger partial charge in [-0.25, -0.2) is 22.5 Å². The third-order valence-corrected chi connectivity index (χ3v) is 2.12. The van der Waals surface area contributed by atoms with E-state index in [0.29, 0.717) is 0 Å². The van der Waals surface area contributed by atoms with Crippen LogP contribution < -0.4 is 0 Å². The van der Waals surface area contributed by atoms with E-state index in [1.165, 1.54) is 12.1 Å². The molecule has 1 heterocycles. The van der Waals surface area contributed by atoms with Gasteiger partial charge in [0.2, 0.25) is 0 Å². The summed E-state index contributed by atoms with van der Waals surface area (Å²) in [7, 11) is 0. The van der Waals surface area contributed by atoms with Gasteiger partial charge < -0.3 is 0 Å². The van der Waals surface area contributed by atoms with Gasteiger partial charge in [0.05, 0.1) is 5.52 Å². The van der Waals surface area contributed by atoms with Crippen LogP contribution in [0.3, 0.4) is 0 Å². The Bertz CT molecular complexity index is 510. The molecule has 1 aromatic carbocycles. The number of benzene rings is 1. The Hall–Kier alpha value is -1.65. The summed E-state index contributed by atoms with van der Waals surface area (Å²) >= 11 is 0. The van der Waals surface area contributed by atoms with Crippen molar-refractivity contribution in [2.75, 3.05) is 0 Å². The molecule has 0 unspecified atom stereocenters. The minimum Gasteiger partial charge on any atom is -0.246 e. The molecule has 5 heteroatoms. The molecule has 1 aromatic heterocycles. The lowest BCUT2D eigenvalue weighted by Gasteiger charge is -2.07. The minimum absolute atomic E-state index is 0.131. The molecule has 0 aliphatic carbocycles. The molecule has 1 nitrogen and oxygen atoms in total. The number of nitrogens with zero attached hydrogens (tertiary/aromatic N) is 1. The summed E-state index contributed by atoms with van der Waals surface area (Å²) in [5.41, 5.74) is -1.14. The maximum absolute atomic E-state index is 12.6. The summed E-state index contributed by atoms with van der Waals surface area (Å²) in [4.78, 5) is 3.58. The van der Waals surface area contributed by atoms with Gasteiger partial charge in [-0.2, -0.15) is 0 Å². The molecule has 0 spiro atoms. The maximum atomic E-state index is 12.6. The number of rotatable bonds is 2. The van der Waals surface area contributed by atoms with Crippen molar-refractivity contribution in [3.63, 3.8) is 0 Å². The third-order valence-electron chi connectivity index (χ3n) is 2.12. The second-order valence-electron chi connectivity index (χ2n) is 3.15. The highest BCUT2D eigenvalue weighted by Gasteiger charge is 2.18.